The highest BCUT2D eigenvalue weighted by Crippen LogP contribution is 2.26. The fourth-order valence-electron chi connectivity index (χ4n) is 3.89. The predicted molar refractivity (Wildman–Crippen MR) is 110 cm³/mol. The van der Waals surface area contributed by atoms with E-state index in [0.717, 1.165) is 35.9 Å². The topological polar surface area (TPSA) is 56.9 Å². The number of likely N-dealkylation sites (tertiary alicyclic amines) is 1. The Morgan fingerprint density at radius 1 is 1.32 bits per heavy atom. The average Bonchev–Trinajstić information content (AvgIpc) is 3.14. The number of likely N-dealkylation sites (N-methyl/N-ethyl adjacent to an activating group) is 1. The lowest BCUT2D eigenvalue weighted by Gasteiger charge is -2.37. The number of benzene rings is 2. The van der Waals surface area contributed by atoms with Gasteiger partial charge in [-0.25, -0.2) is 0 Å². The van der Waals surface area contributed by atoms with Gasteiger partial charge in [0.05, 0.1) is 5.56 Å². The van der Waals surface area contributed by atoms with Crippen molar-refractivity contribution >= 4 is 28.5 Å². The van der Waals surface area contributed by atoms with Crippen molar-refractivity contribution in [3.63, 3.8) is 0 Å². The van der Waals surface area contributed by atoms with Crippen LogP contribution in [-0.2, 0) is 6.54 Å². The number of fused-ring (bicyclic) bond motifs is 1. The van der Waals surface area contributed by atoms with E-state index in [1.165, 1.54) is 0 Å². The Bertz CT molecular complexity index is 1000. The second-order valence-corrected chi connectivity index (χ2v) is 7.79. The molecule has 1 amide bonds. The molecular weight excluding hydrogens is 376 g/mol. The van der Waals surface area contributed by atoms with Crippen molar-refractivity contribution in [2.45, 2.75) is 25.4 Å². The first kappa shape index (κ1) is 18.8. The first-order chi connectivity index (χ1) is 13.5. The van der Waals surface area contributed by atoms with Gasteiger partial charge in [-0.3, -0.25) is 9.69 Å². The van der Waals surface area contributed by atoms with E-state index in [1.54, 1.807) is 24.5 Å². The summed E-state index contributed by atoms with van der Waals surface area (Å²) in [6, 6.07) is 12.8. The van der Waals surface area contributed by atoms with E-state index in [2.05, 4.69) is 4.90 Å². The zero-order chi connectivity index (χ0) is 19.7. The number of carbonyl (C=O) groups is 1. The first-order valence-corrected chi connectivity index (χ1v) is 9.84. The summed E-state index contributed by atoms with van der Waals surface area (Å²) in [6.07, 6.45) is 3.53. The molecule has 3 aromatic rings. The van der Waals surface area contributed by atoms with Crippen LogP contribution < -0.4 is 0 Å². The fourth-order valence-corrected chi connectivity index (χ4v) is 4.07. The zero-order valence-corrected chi connectivity index (χ0v) is 16.5. The number of carbonyl (C=O) groups excluding carboxylic acids is 1. The summed E-state index contributed by atoms with van der Waals surface area (Å²) >= 11 is 6.27. The predicted octanol–water partition coefficient (Wildman–Crippen LogP) is 4.53. The summed E-state index contributed by atoms with van der Waals surface area (Å²) in [4.78, 5) is 17.2. The number of rotatable bonds is 4. The third kappa shape index (κ3) is 3.73. The van der Waals surface area contributed by atoms with Crippen molar-refractivity contribution in [1.29, 1.82) is 0 Å². The van der Waals surface area contributed by atoms with E-state index in [9.17, 15) is 9.90 Å². The third-order valence-corrected chi connectivity index (χ3v) is 5.84. The zero-order valence-electron chi connectivity index (χ0n) is 15.8. The van der Waals surface area contributed by atoms with Crippen LogP contribution in [0.5, 0.6) is 5.75 Å². The van der Waals surface area contributed by atoms with E-state index in [-0.39, 0.29) is 17.7 Å². The molecule has 0 saturated carbocycles. The van der Waals surface area contributed by atoms with Crippen LogP contribution >= 0.6 is 11.6 Å². The van der Waals surface area contributed by atoms with Crippen molar-refractivity contribution in [2.24, 2.45) is 0 Å². The minimum Gasteiger partial charge on any atom is -0.508 e. The molecule has 1 aliphatic heterocycles. The molecule has 146 valence electrons. The smallest absolute Gasteiger partial charge is 0.257 e. The van der Waals surface area contributed by atoms with Crippen LogP contribution in [0.15, 0.2) is 53.1 Å². The summed E-state index contributed by atoms with van der Waals surface area (Å²) in [5, 5.41) is 11.2. The summed E-state index contributed by atoms with van der Waals surface area (Å²) in [6.45, 7) is 2.02. The maximum atomic E-state index is 13.1. The molecule has 28 heavy (non-hydrogen) atoms. The molecule has 1 N–H and O–H groups in total. The molecule has 0 spiro atoms. The van der Waals surface area contributed by atoms with E-state index >= 15 is 0 Å². The molecule has 1 atom stereocenters. The van der Waals surface area contributed by atoms with E-state index in [4.69, 9.17) is 16.0 Å². The van der Waals surface area contributed by atoms with Crippen LogP contribution in [0.25, 0.3) is 11.0 Å². The van der Waals surface area contributed by atoms with Crippen LogP contribution in [0.1, 0.15) is 28.8 Å². The number of piperidine rings is 1. The summed E-state index contributed by atoms with van der Waals surface area (Å²) in [7, 11) is 2.03. The summed E-state index contributed by atoms with van der Waals surface area (Å²) in [5.74, 6) is 0.221. The van der Waals surface area contributed by atoms with E-state index in [0.29, 0.717) is 23.7 Å². The van der Waals surface area contributed by atoms with Gasteiger partial charge in [-0.05, 0) is 49.7 Å². The third-order valence-electron chi connectivity index (χ3n) is 5.47. The molecule has 1 fully saturated rings. The lowest BCUT2D eigenvalue weighted by Crippen LogP contribution is -2.48. The molecule has 2 aromatic carbocycles. The van der Waals surface area contributed by atoms with Gasteiger partial charge in [0.2, 0.25) is 0 Å². The largest absolute Gasteiger partial charge is 0.508 e. The Morgan fingerprint density at radius 2 is 2.14 bits per heavy atom. The molecule has 0 aliphatic carbocycles. The molecule has 4 rings (SSSR count). The molecule has 0 bridgehead atoms. The number of phenolic OH excluding ortho intramolecular Hbond substituents is 1. The highest BCUT2D eigenvalue weighted by atomic mass is 35.5. The van der Waals surface area contributed by atoms with Gasteiger partial charge in [-0.1, -0.05) is 29.8 Å². The summed E-state index contributed by atoms with van der Waals surface area (Å²) in [5.41, 5.74) is 2.23. The molecule has 1 aromatic heterocycles. The van der Waals surface area contributed by atoms with Crippen molar-refractivity contribution in [3.05, 3.63) is 64.9 Å². The Morgan fingerprint density at radius 3 is 3.00 bits per heavy atom. The highest BCUT2D eigenvalue weighted by molar-refractivity contribution is 6.31. The average molecular weight is 399 g/mol. The summed E-state index contributed by atoms with van der Waals surface area (Å²) < 4.78 is 5.54. The Hall–Kier alpha value is -2.50. The monoisotopic (exact) mass is 398 g/mol. The van der Waals surface area contributed by atoms with Gasteiger partial charge in [-0.15, -0.1) is 0 Å². The number of hydrogen-bond donors (Lipinski definition) is 1. The molecule has 1 unspecified atom stereocenters. The number of hydrogen-bond acceptors (Lipinski definition) is 4. The molecule has 5 nitrogen and oxygen atoms in total. The minimum absolute atomic E-state index is 0.0124. The van der Waals surface area contributed by atoms with Crippen molar-refractivity contribution in [2.75, 3.05) is 20.1 Å². The van der Waals surface area contributed by atoms with Gasteiger partial charge in [-0.2, -0.15) is 0 Å². The van der Waals surface area contributed by atoms with Gasteiger partial charge in [0.15, 0.2) is 0 Å². The van der Waals surface area contributed by atoms with Gasteiger partial charge in [0.1, 0.15) is 17.6 Å². The minimum atomic E-state index is 0.0124. The van der Waals surface area contributed by atoms with Crippen LogP contribution in [-0.4, -0.2) is 47.0 Å². The first-order valence-electron chi connectivity index (χ1n) is 9.46. The number of aromatic hydroxyl groups is 1. The van der Waals surface area contributed by atoms with Crippen molar-refractivity contribution < 1.29 is 14.3 Å². The van der Waals surface area contributed by atoms with Gasteiger partial charge >= 0.3 is 0 Å². The molecular formula is C22H23ClN2O3. The van der Waals surface area contributed by atoms with E-state index in [1.807, 2.05) is 36.2 Å². The normalized spacial score (nSPS) is 17.4. The maximum Gasteiger partial charge on any atom is 0.257 e. The number of phenols is 1. The lowest BCUT2D eigenvalue weighted by molar-refractivity contribution is 0.0603. The number of nitrogens with zero attached hydrogens (tertiary/aromatic N) is 2. The molecule has 6 heteroatoms. The van der Waals surface area contributed by atoms with Crippen LogP contribution in [0, 0.1) is 0 Å². The van der Waals surface area contributed by atoms with Gasteiger partial charge < -0.3 is 14.4 Å². The van der Waals surface area contributed by atoms with Crippen LogP contribution in [0.3, 0.4) is 0 Å². The van der Waals surface area contributed by atoms with Crippen LogP contribution in [0.2, 0.25) is 5.02 Å². The molecule has 2 heterocycles. The number of amides is 1. The number of para-hydroxylation sites is 1. The highest BCUT2D eigenvalue weighted by Gasteiger charge is 2.28. The second-order valence-electron chi connectivity index (χ2n) is 7.38. The number of furan rings is 1. The van der Waals surface area contributed by atoms with Gasteiger partial charge in [0.25, 0.3) is 5.91 Å². The van der Waals surface area contributed by atoms with Crippen LogP contribution in [0.4, 0.5) is 0 Å². The van der Waals surface area contributed by atoms with Crippen molar-refractivity contribution in [1.82, 2.24) is 9.80 Å². The lowest BCUT2D eigenvalue weighted by atomic mass is 10.0. The maximum absolute atomic E-state index is 13.1. The molecule has 1 aliphatic rings. The molecule has 0 radical (unpaired) electrons. The molecule has 1 saturated heterocycles. The fraction of sp³-hybridized carbons (Fsp3) is 0.318. The Kier molecular flexibility index (Phi) is 5.29. The Labute approximate surface area is 169 Å². The standard InChI is InChI=1S/C22H23ClN2O3/c1-24(12-15-11-17(26)8-9-20(15)23)16-5-4-10-25(13-16)22(27)19-14-28-21-7-3-2-6-18(19)21/h2-3,6-9,11,14,16,26H,4-5,10,12-13H2,1H3. The van der Waals surface area contributed by atoms with Crippen molar-refractivity contribution in [3.8, 4) is 5.75 Å². The van der Waals surface area contributed by atoms with E-state index < -0.39 is 0 Å². The second kappa shape index (κ2) is 7.86. The van der Waals surface area contributed by atoms with Gasteiger partial charge in [0, 0.05) is 36.1 Å². The number of halogens is 1. The Balaban J connectivity index is 1.48. The quantitative estimate of drug-likeness (QED) is 0.701. The SMILES string of the molecule is CN(Cc1cc(O)ccc1Cl)C1CCCN(C(=O)c2coc3ccccc23)C1.